The first-order chi connectivity index (χ1) is 6.37. The predicted molar refractivity (Wildman–Crippen MR) is 62.0 cm³/mol. The summed E-state index contributed by atoms with van der Waals surface area (Å²) in [7, 11) is -2.96. The number of hydrogen-bond donors (Lipinski definition) is 0. The van der Waals surface area contributed by atoms with Crippen molar-refractivity contribution in [3.8, 4) is 0 Å². The molecule has 0 saturated carbocycles. The third kappa shape index (κ3) is 3.99. The summed E-state index contributed by atoms with van der Waals surface area (Å²) < 4.78 is 22.4. The van der Waals surface area contributed by atoms with Crippen molar-refractivity contribution >= 4 is 9.84 Å². The van der Waals surface area contributed by atoms with Crippen LogP contribution in [0.15, 0.2) is 0 Å². The van der Waals surface area contributed by atoms with Crippen molar-refractivity contribution in [1.82, 2.24) is 0 Å². The lowest BCUT2D eigenvalue weighted by Crippen LogP contribution is -2.33. The van der Waals surface area contributed by atoms with Crippen molar-refractivity contribution in [3.63, 3.8) is 0 Å². The van der Waals surface area contributed by atoms with E-state index in [1.54, 1.807) is 6.92 Å². The maximum Gasteiger partial charge on any atom is 0.152 e. The fraction of sp³-hybridized carbons (Fsp3) is 0.909. The summed E-state index contributed by atoms with van der Waals surface area (Å²) >= 11 is 0. The van der Waals surface area contributed by atoms with Gasteiger partial charge in [-0.05, 0) is 19.8 Å². The molecule has 0 aliphatic heterocycles. The van der Waals surface area contributed by atoms with Crippen molar-refractivity contribution in [2.45, 2.75) is 57.1 Å². The van der Waals surface area contributed by atoms with Crippen LogP contribution in [0.25, 0.3) is 0 Å². The lowest BCUT2D eigenvalue weighted by Gasteiger charge is -2.25. The molecular formula is C11H23O2S. The van der Waals surface area contributed by atoms with Gasteiger partial charge in [-0.25, -0.2) is 8.42 Å². The second-order valence-electron chi connectivity index (χ2n) is 4.28. The first-order valence-electron chi connectivity index (χ1n) is 5.36. The number of hydrogen-bond acceptors (Lipinski definition) is 2. The van der Waals surface area contributed by atoms with Gasteiger partial charge >= 0.3 is 0 Å². The average molecular weight is 219 g/mol. The second kappa shape index (κ2) is 5.74. The Morgan fingerprint density at radius 3 is 2.14 bits per heavy atom. The third-order valence-electron chi connectivity index (χ3n) is 2.98. The SMILES string of the molecule is [CH2]CC(C)(CCCCCC)S(C)(=O)=O. The van der Waals surface area contributed by atoms with E-state index in [1.165, 1.54) is 19.1 Å². The van der Waals surface area contributed by atoms with Gasteiger partial charge in [0.2, 0.25) is 0 Å². The van der Waals surface area contributed by atoms with Crippen LogP contribution in [0, 0.1) is 6.92 Å². The van der Waals surface area contributed by atoms with Crippen LogP contribution in [-0.4, -0.2) is 19.4 Å². The van der Waals surface area contributed by atoms with E-state index in [0.29, 0.717) is 6.42 Å². The fourth-order valence-corrected chi connectivity index (χ4v) is 2.31. The highest BCUT2D eigenvalue weighted by Crippen LogP contribution is 2.27. The Hall–Kier alpha value is -0.0500. The Labute approximate surface area is 89.0 Å². The van der Waals surface area contributed by atoms with Crippen molar-refractivity contribution in [2.75, 3.05) is 6.26 Å². The Morgan fingerprint density at radius 2 is 1.79 bits per heavy atom. The van der Waals surface area contributed by atoms with Crippen LogP contribution >= 0.6 is 0 Å². The summed E-state index contributed by atoms with van der Waals surface area (Å²) in [5.41, 5.74) is 0. The summed E-state index contributed by atoms with van der Waals surface area (Å²) in [4.78, 5) is 0. The van der Waals surface area contributed by atoms with Gasteiger partial charge in [0.25, 0.3) is 0 Å². The van der Waals surface area contributed by atoms with Crippen LogP contribution in [0.4, 0.5) is 0 Å². The zero-order valence-corrected chi connectivity index (χ0v) is 10.5. The maximum absolute atomic E-state index is 11.5. The molecule has 0 heterocycles. The van der Waals surface area contributed by atoms with Gasteiger partial charge in [-0.15, -0.1) is 0 Å². The second-order valence-corrected chi connectivity index (χ2v) is 6.81. The van der Waals surface area contributed by atoms with Gasteiger partial charge in [0, 0.05) is 6.26 Å². The van der Waals surface area contributed by atoms with Gasteiger partial charge in [0.05, 0.1) is 4.75 Å². The highest BCUT2D eigenvalue weighted by atomic mass is 32.2. The van der Waals surface area contributed by atoms with E-state index in [4.69, 9.17) is 0 Å². The molecule has 0 aromatic heterocycles. The standard InChI is InChI=1S/C11H23O2S/c1-5-7-8-9-10-11(3,6-2)14(4,12)13/h2,5-10H2,1,3-4H3. The number of unbranched alkanes of at least 4 members (excludes halogenated alkanes) is 3. The molecule has 0 N–H and O–H groups in total. The van der Waals surface area contributed by atoms with E-state index < -0.39 is 14.6 Å². The molecule has 0 saturated heterocycles. The smallest absolute Gasteiger partial charge is 0.152 e. The maximum atomic E-state index is 11.5. The molecule has 0 rings (SSSR count). The molecule has 1 unspecified atom stereocenters. The van der Waals surface area contributed by atoms with Crippen molar-refractivity contribution in [3.05, 3.63) is 6.92 Å². The van der Waals surface area contributed by atoms with E-state index >= 15 is 0 Å². The fourth-order valence-electron chi connectivity index (χ4n) is 1.42. The summed E-state index contributed by atoms with van der Waals surface area (Å²) in [5.74, 6) is 0. The molecule has 0 aliphatic rings. The molecule has 0 fully saturated rings. The summed E-state index contributed by atoms with van der Waals surface area (Å²) in [6.07, 6.45) is 7.02. The minimum Gasteiger partial charge on any atom is -0.229 e. The lowest BCUT2D eigenvalue weighted by atomic mass is 9.99. The Morgan fingerprint density at radius 1 is 1.21 bits per heavy atom. The molecule has 0 bridgehead atoms. The topological polar surface area (TPSA) is 34.1 Å². The largest absolute Gasteiger partial charge is 0.229 e. The van der Waals surface area contributed by atoms with E-state index in [-0.39, 0.29) is 0 Å². The van der Waals surface area contributed by atoms with E-state index in [0.717, 1.165) is 19.3 Å². The highest BCUT2D eigenvalue weighted by molar-refractivity contribution is 7.92. The quantitative estimate of drug-likeness (QED) is 0.617. The minimum atomic E-state index is -2.96. The molecule has 2 nitrogen and oxygen atoms in total. The van der Waals surface area contributed by atoms with Crippen LogP contribution < -0.4 is 0 Å². The van der Waals surface area contributed by atoms with Crippen LogP contribution in [0.3, 0.4) is 0 Å². The van der Waals surface area contributed by atoms with Gasteiger partial charge in [-0.1, -0.05) is 39.5 Å². The minimum absolute atomic E-state index is 0.470. The Kier molecular flexibility index (Phi) is 5.72. The normalized spacial score (nSPS) is 16.6. The van der Waals surface area contributed by atoms with Gasteiger partial charge in [0.1, 0.15) is 0 Å². The predicted octanol–water partition coefficient (Wildman–Crippen LogP) is 2.98. The number of rotatable bonds is 7. The summed E-state index contributed by atoms with van der Waals surface area (Å²) in [6.45, 7) is 7.70. The first kappa shape index (κ1) is 13.9. The molecule has 1 atom stereocenters. The van der Waals surface area contributed by atoms with E-state index in [1.807, 2.05) is 0 Å². The van der Waals surface area contributed by atoms with Gasteiger partial charge in [-0.3, -0.25) is 0 Å². The van der Waals surface area contributed by atoms with Crippen molar-refractivity contribution in [2.24, 2.45) is 0 Å². The molecule has 1 radical (unpaired) electrons. The average Bonchev–Trinajstić information content (AvgIpc) is 2.10. The lowest BCUT2D eigenvalue weighted by molar-refractivity contribution is 0.484. The Balaban J connectivity index is 4.15. The van der Waals surface area contributed by atoms with Gasteiger partial charge in [0.15, 0.2) is 9.84 Å². The van der Waals surface area contributed by atoms with Crippen LogP contribution in [-0.2, 0) is 9.84 Å². The van der Waals surface area contributed by atoms with Crippen LogP contribution in [0.2, 0.25) is 0 Å². The molecule has 0 aromatic carbocycles. The molecule has 0 spiro atoms. The zero-order chi connectivity index (χ0) is 11.2. The molecule has 14 heavy (non-hydrogen) atoms. The number of sulfone groups is 1. The molecule has 0 aromatic rings. The van der Waals surface area contributed by atoms with Crippen LogP contribution in [0.5, 0.6) is 0 Å². The highest BCUT2D eigenvalue weighted by Gasteiger charge is 2.32. The summed E-state index contributed by atoms with van der Waals surface area (Å²) in [5, 5.41) is 0. The first-order valence-corrected chi connectivity index (χ1v) is 7.25. The van der Waals surface area contributed by atoms with Crippen LogP contribution in [0.1, 0.15) is 52.4 Å². The van der Waals surface area contributed by atoms with E-state index in [9.17, 15) is 8.42 Å². The zero-order valence-electron chi connectivity index (χ0n) is 9.67. The Bertz CT molecular complexity index is 244. The summed E-state index contributed by atoms with van der Waals surface area (Å²) in [6, 6.07) is 0. The molecular weight excluding hydrogens is 196 g/mol. The third-order valence-corrected chi connectivity index (χ3v) is 5.18. The molecule has 0 aliphatic carbocycles. The van der Waals surface area contributed by atoms with Gasteiger partial charge in [-0.2, -0.15) is 0 Å². The molecule has 3 heteroatoms. The monoisotopic (exact) mass is 219 g/mol. The van der Waals surface area contributed by atoms with Crippen molar-refractivity contribution < 1.29 is 8.42 Å². The van der Waals surface area contributed by atoms with Gasteiger partial charge < -0.3 is 0 Å². The van der Waals surface area contributed by atoms with E-state index in [2.05, 4.69) is 13.8 Å². The molecule has 85 valence electrons. The van der Waals surface area contributed by atoms with Crippen molar-refractivity contribution in [1.29, 1.82) is 0 Å². The molecule has 0 amide bonds.